The number of aliphatic hydroxyl groups is 1. The Hall–Kier alpha value is -1.60. The zero-order chi connectivity index (χ0) is 24.2. The number of fused-ring (bicyclic) bond motifs is 5. The van der Waals surface area contributed by atoms with Crippen LogP contribution in [0.25, 0.3) is 0 Å². The second-order valence-corrected chi connectivity index (χ2v) is 10.7. The summed E-state index contributed by atoms with van der Waals surface area (Å²) >= 11 is 0. The number of Topliss-reactive ketones (excluding diaryl/α,β-unsaturated/α-hetero) is 1. The van der Waals surface area contributed by atoms with E-state index in [-0.39, 0.29) is 18.6 Å². The van der Waals surface area contributed by atoms with Crippen molar-refractivity contribution < 1.29 is 14.4 Å². The van der Waals surface area contributed by atoms with Gasteiger partial charge in [0.15, 0.2) is 5.82 Å². The van der Waals surface area contributed by atoms with Crippen LogP contribution in [-0.2, 0) is 17.8 Å². The van der Waals surface area contributed by atoms with Crippen LogP contribution in [-0.4, -0.2) is 33.3 Å². The highest BCUT2D eigenvalue weighted by molar-refractivity contribution is 5.87. The average molecular weight is 461 g/mol. The second kappa shape index (κ2) is 10.8. The molecule has 1 aromatic heterocycles. The minimum Gasteiger partial charge on any atom is -0.396 e. The molecule has 0 spiro atoms. The number of nitrogens with two attached hydrogens (primary N) is 1. The number of hydrogen-bond donors (Lipinski definition) is 3. The first-order valence-corrected chi connectivity index (χ1v) is 13.0. The smallest absolute Gasteiger partial charge is 0.229 e. The van der Waals surface area contributed by atoms with Crippen LogP contribution in [0.2, 0.25) is 0 Å². The molecule has 4 saturated carbocycles. The maximum atomic E-state index is 12.4. The van der Waals surface area contributed by atoms with Gasteiger partial charge in [-0.1, -0.05) is 32.9 Å². The Morgan fingerprint density at radius 2 is 1.88 bits per heavy atom. The monoisotopic (exact) mass is 460 g/mol. The van der Waals surface area contributed by atoms with Crippen molar-refractivity contribution in [3.05, 3.63) is 11.7 Å². The molecule has 4 aliphatic rings. The van der Waals surface area contributed by atoms with E-state index in [2.05, 4.69) is 24.0 Å². The van der Waals surface area contributed by atoms with Gasteiger partial charge in [0.1, 0.15) is 5.78 Å². The molecular formula is C26H44N4O3. The fourth-order valence-corrected chi connectivity index (χ4v) is 7.42. The fourth-order valence-electron chi connectivity index (χ4n) is 7.42. The van der Waals surface area contributed by atoms with Gasteiger partial charge in [-0.05, 0) is 80.5 Å². The first kappa shape index (κ1) is 26.0. The highest BCUT2D eigenvalue weighted by atomic mass is 16.5. The van der Waals surface area contributed by atoms with E-state index in [9.17, 15) is 4.79 Å². The van der Waals surface area contributed by atoms with Crippen LogP contribution in [0.1, 0.15) is 97.2 Å². The highest BCUT2D eigenvalue weighted by Crippen LogP contribution is 2.65. The van der Waals surface area contributed by atoms with Crippen molar-refractivity contribution in [1.82, 2.24) is 10.1 Å². The topological polar surface area (TPSA) is 126 Å². The second-order valence-electron chi connectivity index (χ2n) is 10.7. The van der Waals surface area contributed by atoms with Gasteiger partial charge in [0, 0.05) is 17.5 Å². The van der Waals surface area contributed by atoms with Gasteiger partial charge < -0.3 is 20.8 Å². The third-order valence-corrected chi connectivity index (χ3v) is 9.25. The number of nitrogens with zero attached hydrogens (tertiary/aromatic N) is 2. The van der Waals surface area contributed by atoms with Gasteiger partial charge in [0.05, 0.1) is 19.6 Å². The van der Waals surface area contributed by atoms with Gasteiger partial charge in [0.2, 0.25) is 5.89 Å². The summed E-state index contributed by atoms with van der Waals surface area (Å²) < 4.78 is 4.69. The summed E-state index contributed by atoms with van der Waals surface area (Å²) in [4.78, 5) is 16.2. The maximum absolute atomic E-state index is 12.4. The zero-order valence-electron chi connectivity index (χ0n) is 21.0. The number of carbonyl (C=O) groups excluding carboxylic acids is 1. The number of carbonyl (C=O) groups is 1. The molecule has 4 aliphatic carbocycles. The first-order valence-electron chi connectivity index (χ1n) is 13.0. The SMILES string of the molecule is CC.C[C@]12CCC(=N)CC1CCC1C2CC[C@]2(C)C(=O)CCC12.NCc1noc(CCO)n1. The third-order valence-electron chi connectivity index (χ3n) is 9.25. The molecule has 6 atom stereocenters. The van der Waals surface area contributed by atoms with Crippen LogP contribution in [0.4, 0.5) is 0 Å². The highest BCUT2D eigenvalue weighted by Gasteiger charge is 2.59. The summed E-state index contributed by atoms with van der Waals surface area (Å²) in [7, 11) is 0. The number of hydrogen-bond acceptors (Lipinski definition) is 7. The molecule has 0 radical (unpaired) electrons. The van der Waals surface area contributed by atoms with Gasteiger partial charge in [-0.15, -0.1) is 0 Å². The molecule has 0 amide bonds. The summed E-state index contributed by atoms with van der Waals surface area (Å²) in [6, 6.07) is 0. The van der Waals surface area contributed by atoms with Crippen molar-refractivity contribution in [2.24, 2.45) is 40.2 Å². The number of rotatable bonds is 3. The van der Waals surface area contributed by atoms with Gasteiger partial charge in [0.25, 0.3) is 0 Å². The third kappa shape index (κ3) is 4.95. The lowest BCUT2D eigenvalue weighted by atomic mass is 9.45. The van der Waals surface area contributed by atoms with Crippen LogP contribution < -0.4 is 5.73 Å². The van der Waals surface area contributed by atoms with Crippen molar-refractivity contribution in [2.45, 2.75) is 98.4 Å². The molecule has 0 bridgehead atoms. The minimum absolute atomic E-state index is 0.0196. The van der Waals surface area contributed by atoms with Crippen LogP contribution in [0.5, 0.6) is 0 Å². The molecule has 4 unspecified atom stereocenters. The van der Waals surface area contributed by atoms with E-state index in [0.717, 1.165) is 55.6 Å². The fraction of sp³-hybridized carbons (Fsp3) is 0.846. The number of nitrogens with one attached hydrogen (secondary N) is 1. The van der Waals surface area contributed by atoms with Crippen molar-refractivity contribution in [2.75, 3.05) is 6.61 Å². The predicted octanol–water partition coefficient (Wildman–Crippen LogP) is 4.71. The average Bonchev–Trinajstić information content (AvgIpc) is 3.40. The molecule has 7 nitrogen and oxygen atoms in total. The summed E-state index contributed by atoms with van der Waals surface area (Å²) in [5.41, 5.74) is 6.68. The molecule has 7 heteroatoms. The molecule has 0 aliphatic heterocycles. The number of aromatic nitrogens is 2. The molecular weight excluding hydrogens is 416 g/mol. The van der Waals surface area contributed by atoms with E-state index in [4.69, 9.17) is 20.8 Å². The van der Waals surface area contributed by atoms with Crippen LogP contribution in [0.15, 0.2) is 4.52 Å². The molecule has 5 rings (SSSR count). The van der Waals surface area contributed by atoms with E-state index < -0.39 is 0 Å². The predicted molar refractivity (Wildman–Crippen MR) is 129 cm³/mol. The lowest BCUT2D eigenvalue weighted by molar-refractivity contribution is -0.136. The quantitative estimate of drug-likeness (QED) is 0.600. The number of ketones is 1. The standard InChI is InChI=1S/C19H29NO.C5H9N3O2.C2H6/c1-18-9-7-13(20)11-12(18)3-4-14-15-5-6-17(21)19(15,2)10-8-16(14)18;6-3-4-7-5(1-2-9)10-8-4;1-2/h12,14-16,20H,3-11H2,1-2H3;9H,1-3,6H2;1-2H3/t12?,14?,15?,16?,18-,19-;;/m0../s1. The molecule has 0 saturated heterocycles. The van der Waals surface area contributed by atoms with Gasteiger partial charge in [-0.2, -0.15) is 4.98 Å². The molecule has 1 aromatic rings. The summed E-state index contributed by atoms with van der Waals surface area (Å²) in [5, 5.41) is 20.0. The maximum Gasteiger partial charge on any atom is 0.229 e. The lowest BCUT2D eigenvalue weighted by Gasteiger charge is -2.59. The van der Waals surface area contributed by atoms with E-state index in [1.165, 1.54) is 25.7 Å². The van der Waals surface area contributed by atoms with Gasteiger partial charge >= 0.3 is 0 Å². The molecule has 33 heavy (non-hydrogen) atoms. The van der Waals surface area contributed by atoms with Gasteiger partial charge in [-0.25, -0.2) is 0 Å². The van der Waals surface area contributed by atoms with Crippen LogP contribution in [0, 0.1) is 39.9 Å². The van der Waals surface area contributed by atoms with Crippen LogP contribution >= 0.6 is 0 Å². The Morgan fingerprint density at radius 3 is 2.55 bits per heavy atom. The van der Waals surface area contributed by atoms with Crippen molar-refractivity contribution in [1.29, 1.82) is 5.41 Å². The Balaban J connectivity index is 0.000000216. The summed E-state index contributed by atoms with van der Waals surface area (Å²) in [6.07, 6.45) is 10.7. The normalized spacial score (nSPS) is 37.0. The van der Waals surface area contributed by atoms with E-state index in [1.54, 1.807) is 0 Å². The van der Waals surface area contributed by atoms with Crippen molar-refractivity contribution in [3.63, 3.8) is 0 Å². The van der Waals surface area contributed by atoms with E-state index in [1.807, 2.05) is 13.8 Å². The molecule has 0 aromatic carbocycles. The van der Waals surface area contributed by atoms with Crippen LogP contribution in [0.3, 0.4) is 0 Å². The Labute approximate surface area is 198 Å². The number of aliphatic hydroxyl groups excluding tert-OH is 1. The Bertz CT molecular complexity index is 824. The summed E-state index contributed by atoms with van der Waals surface area (Å²) in [5.74, 6) is 4.51. The largest absolute Gasteiger partial charge is 0.396 e. The van der Waals surface area contributed by atoms with Crippen molar-refractivity contribution >= 4 is 11.5 Å². The first-order chi connectivity index (χ1) is 15.8. The van der Waals surface area contributed by atoms with Gasteiger partial charge in [-0.3, -0.25) is 4.79 Å². The van der Waals surface area contributed by atoms with E-state index in [0.29, 0.717) is 35.3 Å². The Morgan fingerprint density at radius 1 is 1.12 bits per heavy atom. The zero-order valence-corrected chi connectivity index (χ0v) is 21.0. The molecule has 1 heterocycles. The molecule has 186 valence electrons. The lowest BCUT2D eigenvalue weighted by Crippen LogP contribution is -2.53. The van der Waals surface area contributed by atoms with E-state index >= 15 is 0 Å². The van der Waals surface area contributed by atoms with Crippen molar-refractivity contribution in [3.8, 4) is 0 Å². The summed E-state index contributed by atoms with van der Waals surface area (Å²) in [6.45, 7) is 9.09. The Kier molecular flexibility index (Phi) is 8.49. The minimum atomic E-state index is 0.0196. The molecule has 4 fully saturated rings. The molecule has 4 N–H and O–H groups in total.